The molecule has 0 amide bonds. The third-order valence-corrected chi connectivity index (χ3v) is 3.95. The summed E-state index contributed by atoms with van der Waals surface area (Å²) in [5.41, 5.74) is 3.86. The lowest BCUT2D eigenvalue weighted by molar-refractivity contribution is 0.110. The lowest BCUT2D eigenvalue weighted by atomic mass is 9.96. The Bertz CT molecular complexity index is 859. The number of furan rings is 1. The van der Waals surface area contributed by atoms with E-state index in [9.17, 15) is 9.18 Å². The smallest absolute Gasteiger partial charge is 0.186 e. The maximum absolute atomic E-state index is 13.5. The normalized spacial score (nSPS) is 11.3. The quantitative estimate of drug-likeness (QED) is 0.599. The minimum Gasteiger partial charge on any atom is -0.452 e. The molecule has 0 fully saturated rings. The molecule has 0 aliphatic heterocycles. The molecule has 3 aromatic rings. The fraction of sp³-hybridized carbons (Fsp3) is 0.211. The third-order valence-electron chi connectivity index (χ3n) is 3.95. The van der Waals surface area contributed by atoms with E-state index in [1.165, 1.54) is 6.07 Å². The molecule has 1 heterocycles. The third kappa shape index (κ3) is 2.23. The first-order valence-corrected chi connectivity index (χ1v) is 7.30. The number of aryl methyl sites for hydroxylation is 1. The second-order valence-electron chi connectivity index (χ2n) is 5.80. The fourth-order valence-corrected chi connectivity index (χ4v) is 2.79. The minimum atomic E-state index is -0.257. The van der Waals surface area contributed by atoms with E-state index in [1.54, 1.807) is 19.1 Å². The van der Waals surface area contributed by atoms with Gasteiger partial charge in [-0.3, -0.25) is 4.79 Å². The van der Waals surface area contributed by atoms with Gasteiger partial charge in [0.25, 0.3) is 0 Å². The predicted molar refractivity (Wildman–Crippen MR) is 85.8 cm³/mol. The SMILES string of the molecule is Cc1cc(-c2c(C=O)oc3c(C(C)C)cccc23)ccc1F. The lowest BCUT2D eigenvalue weighted by Gasteiger charge is -2.06. The minimum absolute atomic E-state index is 0.257. The number of para-hydroxylation sites is 1. The van der Waals surface area contributed by atoms with Crippen LogP contribution in [0.4, 0.5) is 4.39 Å². The van der Waals surface area contributed by atoms with Crippen molar-refractivity contribution >= 4 is 17.3 Å². The van der Waals surface area contributed by atoms with Crippen LogP contribution in [0.3, 0.4) is 0 Å². The number of hydrogen-bond acceptors (Lipinski definition) is 2. The van der Waals surface area contributed by atoms with Gasteiger partial charge in [-0.05, 0) is 41.7 Å². The van der Waals surface area contributed by atoms with Crippen molar-refractivity contribution in [3.8, 4) is 11.1 Å². The Morgan fingerprint density at radius 3 is 2.59 bits per heavy atom. The van der Waals surface area contributed by atoms with Gasteiger partial charge < -0.3 is 4.42 Å². The Balaban J connectivity index is 2.35. The van der Waals surface area contributed by atoms with E-state index in [2.05, 4.69) is 13.8 Å². The van der Waals surface area contributed by atoms with Gasteiger partial charge in [0.1, 0.15) is 11.4 Å². The first kappa shape index (κ1) is 14.5. The molecule has 0 bridgehead atoms. The molecule has 0 unspecified atom stereocenters. The molecule has 3 heteroatoms. The molecule has 2 aromatic carbocycles. The number of benzene rings is 2. The molecule has 0 atom stereocenters. The monoisotopic (exact) mass is 296 g/mol. The van der Waals surface area contributed by atoms with Crippen molar-refractivity contribution in [2.24, 2.45) is 0 Å². The first-order valence-electron chi connectivity index (χ1n) is 7.30. The van der Waals surface area contributed by atoms with Gasteiger partial charge in [-0.2, -0.15) is 0 Å². The Kier molecular flexibility index (Phi) is 3.57. The second-order valence-corrected chi connectivity index (χ2v) is 5.80. The van der Waals surface area contributed by atoms with Crippen LogP contribution in [0.15, 0.2) is 40.8 Å². The van der Waals surface area contributed by atoms with Crippen molar-refractivity contribution in [2.45, 2.75) is 26.7 Å². The summed E-state index contributed by atoms with van der Waals surface area (Å²) in [6.07, 6.45) is 0.720. The van der Waals surface area contributed by atoms with Crippen molar-refractivity contribution in [1.29, 1.82) is 0 Å². The Morgan fingerprint density at radius 2 is 1.95 bits per heavy atom. The van der Waals surface area contributed by atoms with Crippen molar-refractivity contribution in [1.82, 2.24) is 0 Å². The highest BCUT2D eigenvalue weighted by Crippen LogP contribution is 2.38. The fourth-order valence-electron chi connectivity index (χ4n) is 2.79. The molecule has 3 rings (SSSR count). The number of halogens is 1. The number of aldehydes is 1. The van der Waals surface area contributed by atoms with Gasteiger partial charge in [-0.25, -0.2) is 4.39 Å². The molecule has 0 saturated carbocycles. The van der Waals surface area contributed by atoms with Crippen LogP contribution in [0.1, 0.15) is 41.4 Å². The summed E-state index contributed by atoms with van der Waals surface area (Å²) in [5.74, 6) is 0.318. The standard InChI is InChI=1S/C19H17FO2/c1-11(2)14-5-4-6-15-18(17(10-21)22-19(14)15)13-7-8-16(20)12(3)9-13/h4-11H,1-3H3. The molecule has 2 nitrogen and oxygen atoms in total. The van der Waals surface area contributed by atoms with Crippen LogP contribution in [0, 0.1) is 12.7 Å². The molecule has 0 saturated heterocycles. The van der Waals surface area contributed by atoms with Gasteiger partial charge in [-0.1, -0.05) is 38.1 Å². The summed E-state index contributed by atoms with van der Waals surface area (Å²) in [7, 11) is 0. The summed E-state index contributed by atoms with van der Waals surface area (Å²) in [5, 5.41) is 0.888. The number of carbonyl (C=O) groups excluding carboxylic acids is 1. The summed E-state index contributed by atoms with van der Waals surface area (Å²) >= 11 is 0. The summed E-state index contributed by atoms with van der Waals surface area (Å²) in [6.45, 7) is 5.88. The molecular formula is C19H17FO2. The topological polar surface area (TPSA) is 30.2 Å². The maximum Gasteiger partial charge on any atom is 0.186 e. The number of carbonyl (C=O) groups is 1. The summed E-state index contributed by atoms with van der Waals surface area (Å²) in [4.78, 5) is 11.4. The van der Waals surface area contributed by atoms with Gasteiger partial charge in [0.15, 0.2) is 12.0 Å². The molecule has 0 N–H and O–H groups in total. The first-order chi connectivity index (χ1) is 10.5. The van der Waals surface area contributed by atoms with E-state index < -0.39 is 0 Å². The van der Waals surface area contributed by atoms with Gasteiger partial charge >= 0.3 is 0 Å². The Hall–Kier alpha value is -2.42. The van der Waals surface area contributed by atoms with Gasteiger partial charge in [0, 0.05) is 10.9 Å². The van der Waals surface area contributed by atoms with Crippen molar-refractivity contribution < 1.29 is 13.6 Å². The molecule has 0 spiro atoms. The number of fused-ring (bicyclic) bond motifs is 1. The highest BCUT2D eigenvalue weighted by atomic mass is 19.1. The summed E-state index contributed by atoms with van der Waals surface area (Å²) < 4.78 is 19.3. The van der Waals surface area contributed by atoms with E-state index >= 15 is 0 Å². The van der Waals surface area contributed by atoms with E-state index in [0.29, 0.717) is 5.56 Å². The molecule has 0 radical (unpaired) electrons. The van der Waals surface area contributed by atoms with E-state index in [1.807, 2.05) is 18.2 Å². The van der Waals surface area contributed by atoms with Crippen molar-refractivity contribution in [3.05, 3.63) is 59.1 Å². The van der Waals surface area contributed by atoms with Crippen LogP contribution in [-0.4, -0.2) is 6.29 Å². The number of rotatable bonds is 3. The molecular weight excluding hydrogens is 279 g/mol. The van der Waals surface area contributed by atoms with Crippen LogP contribution in [0.25, 0.3) is 22.1 Å². The average molecular weight is 296 g/mol. The highest BCUT2D eigenvalue weighted by molar-refractivity contribution is 6.03. The van der Waals surface area contributed by atoms with Gasteiger partial charge in [0.05, 0.1) is 0 Å². The molecule has 0 aliphatic rings. The van der Waals surface area contributed by atoms with Gasteiger partial charge in [0.2, 0.25) is 0 Å². The van der Waals surface area contributed by atoms with E-state index in [-0.39, 0.29) is 17.5 Å². The zero-order valence-electron chi connectivity index (χ0n) is 12.8. The molecule has 22 heavy (non-hydrogen) atoms. The lowest BCUT2D eigenvalue weighted by Crippen LogP contribution is -1.88. The van der Waals surface area contributed by atoms with Crippen molar-refractivity contribution in [2.75, 3.05) is 0 Å². The predicted octanol–water partition coefficient (Wildman–Crippen LogP) is 5.48. The largest absolute Gasteiger partial charge is 0.452 e. The highest BCUT2D eigenvalue weighted by Gasteiger charge is 2.19. The van der Waals surface area contributed by atoms with E-state index in [4.69, 9.17) is 4.42 Å². The van der Waals surface area contributed by atoms with Crippen molar-refractivity contribution in [3.63, 3.8) is 0 Å². The Labute approximate surface area is 128 Å². The van der Waals surface area contributed by atoms with Crippen LogP contribution in [0.5, 0.6) is 0 Å². The average Bonchev–Trinajstić information content (AvgIpc) is 2.88. The van der Waals surface area contributed by atoms with Crippen LogP contribution >= 0.6 is 0 Å². The van der Waals surface area contributed by atoms with Crippen LogP contribution in [0.2, 0.25) is 0 Å². The van der Waals surface area contributed by atoms with Crippen LogP contribution < -0.4 is 0 Å². The van der Waals surface area contributed by atoms with Crippen LogP contribution in [-0.2, 0) is 0 Å². The number of hydrogen-bond donors (Lipinski definition) is 0. The second kappa shape index (κ2) is 5.41. The Morgan fingerprint density at radius 1 is 1.18 bits per heavy atom. The molecule has 1 aromatic heterocycles. The zero-order chi connectivity index (χ0) is 15.9. The molecule has 112 valence electrons. The zero-order valence-corrected chi connectivity index (χ0v) is 12.8. The summed E-state index contributed by atoms with van der Waals surface area (Å²) in [6, 6.07) is 10.7. The van der Waals surface area contributed by atoms with E-state index in [0.717, 1.165) is 33.9 Å². The molecule has 0 aliphatic carbocycles. The maximum atomic E-state index is 13.5. The van der Waals surface area contributed by atoms with Gasteiger partial charge in [-0.15, -0.1) is 0 Å².